The highest BCUT2D eigenvalue weighted by atomic mass is 16.5. The van der Waals surface area contributed by atoms with Crippen LogP contribution in [0.5, 0.6) is 5.75 Å². The number of para-hydroxylation sites is 3. The van der Waals surface area contributed by atoms with Crippen LogP contribution in [0.3, 0.4) is 0 Å². The number of carbonyl (C=O) groups is 1. The zero-order valence-corrected chi connectivity index (χ0v) is 13.3. The number of nitrogens with zero attached hydrogens (tertiary/aromatic N) is 1. The molecule has 2 aromatic rings. The number of hydrogen-bond donors (Lipinski definition) is 1. The summed E-state index contributed by atoms with van der Waals surface area (Å²) in [5.41, 5.74) is 2.28. The van der Waals surface area contributed by atoms with Crippen molar-refractivity contribution in [3.63, 3.8) is 0 Å². The van der Waals surface area contributed by atoms with Gasteiger partial charge in [-0.15, -0.1) is 0 Å². The Labute approximate surface area is 131 Å². The van der Waals surface area contributed by atoms with Crippen molar-refractivity contribution in [2.24, 2.45) is 0 Å². The van der Waals surface area contributed by atoms with Gasteiger partial charge < -0.3 is 15.0 Å². The van der Waals surface area contributed by atoms with Crippen LogP contribution in [0, 0.1) is 0 Å². The molecule has 0 atom stereocenters. The molecule has 0 heterocycles. The Morgan fingerprint density at radius 2 is 1.59 bits per heavy atom. The molecular weight excluding hydrogens is 276 g/mol. The summed E-state index contributed by atoms with van der Waals surface area (Å²) in [6.07, 6.45) is 0. The number of benzene rings is 2. The van der Waals surface area contributed by atoms with Crippen molar-refractivity contribution in [2.75, 3.05) is 25.5 Å². The van der Waals surface area contributed by atoms with Crippen LogP contribution in [0.1, 0.15) is 24.2 Å². The predicted molar refractivity (Wildman–Crippen MR) is 90.0 cm³/mol. The normalized spacial score (nSPS) is 10.1. The largest absolute Gasteiger partial charge is 0.495 e. The molecule has 4 nitrogen and oxygen atoms in total. The van der Waals surface area contributed by atoms with Crippen LogP contribution in [-0.4, -0.2) is 31.0 Å². The molecule has 0 aliphatic carbocycles. The first-order valence-electron chi connectivity index (χ1n) is 7.49. The van der Waals surface area contributed by atoms with E-state index >= 15 is 0 Å². The van der Waals surface area contributed by atoms with E-state index in [-0.39, 0.29) is 5.91 Å². The van der Waals surface area contributed by atoms with Gasteiger partial charge in [0.25, 0.3) is 5.91 Å². The van der Waals surface area contributed by atoms with Crippen LogP contribution in [0.2, 0.25) is 0 Å². The standard InChI is InChI=1S/C18H22N2O2/c1-4-20(5-2)18(21)14-10-6-7-11-15(14)19-16-12-8-9-13-17(16)22-3/h6-13,19H,4-5H2,1-3H3. The van der Waals surface area contributed by atoms with Gasteiger partial charge >= 0.3 is 0 Å². The van der Waals surface area contributed by atoms with Crippen molar-refractivity contribution in [1.29, 1.82) is 0 Å². The second kappa shape index (κ2) is 7.50. The zero-order valence-electron chi connectivity index (χ0n) is 13.3. The Balaban J connectivity index is 2.34. The number of nitrogens with one attached hydrogen (secondary N) is 1. The van der Waals surface area contributed by atoms with E-state index in [4.69, 9.17) is 4.74 Å². The molecule has 4 heteroatoms. The topological polar surface area (TPSA) is 41.6 Å². The number of amides is 1. The third-order valence-corrected chi connectivity index (χ3v) is 3.58. The molecule has 0 aliphatic heterocycles. The smallest absolute Gasteiger partial charge is 0.255 e. The fourth-order valence-electron chi connectivity index (χ4n) is 2.35. The Morgan fingerprint density at radius 3 is 2.23 bits per heavy atom. The molecule has 2 aromatic carbocycles. The third kappa shape index (κ3) is 3.39. The van der Waals surface area contributed by atoms with Crippen molar-refractivity contribution in [3.05, 3.63) is 54.1 Å². The van der Waals surface area contributed by atoms with E-state index in [1.807, 2.05) is 67.3 Å². The molecule has 116 valence electrons. The van der Waals surface area contributed by atoms with Gasteiger partial charge in [-0.3, -0.25) is 4.79 Å². The summed E-state index contributed by atoms with van der Waals surface area (Å²) < 4.78 is 5.35. The molecule has 1 N–H and O–H groups in total. The summed E-state index contributed by atoms with van der Waals surface area (Å²) in [5.74, 6) is 0.774. The average molecular weight is 298 g/mol. The van der Waals surface area contributed by atoms with Gasteiger partial charge in [-0.25, -0.2) is 0 Å². The third-order valence-electron chi connectivity index (χ3n) is 3.58. The fourth-order valence-corrected chi connectivity index (χ4v) is 2.35. The number of anilines is 2. The van der Waals surface area contributed by atoms with E-state index in [0.717, 1.165) is 17.1 Å². The molecule has 0 aromatic heterocycles. The van der Waals surface area contributed by atoms with Crippen LogP contribution in [0.4, 0.5) is 11.4 Å². The Hall–Kier alpha value is -2.49. The minimum atomic E-state index is 0.0306. The maximum absolute atomic E-state index is 12.6. The van der Waals surface area contributed by atoms with Crippen molar-refractivity contribution in [3.8, 4) is 5.75 Å². The van der Waals surface area contributed by atoms with Crippen molar-refractivity contribution >= 4 is 17.3 Å². The summed E-state index contributed by atoms with van der Waals surface area (Å²) in [7, 11) is 1.63. The zero-order chi connectivity index (χ0) is 15.9. The van der Waals surface area contributed by atoms with E-state index in [0.29, 0.717) is 18.7 Å². The van der Waals surface area contributed by atoms with Crippen molar-refractivity contribution in [2.45, 2.75) is 13.8 Å². The number of rotatable bonds is 6. The number of ether oxygens (including phenoxy) is 1. The molecular formula is C18H22N2O2. The van der Waals surface area contributed by atoms with E-state index in [1.165, 1.54) is 0 Å². The first-order valence-corrected chi connectivity index (χ1v) is 7.49. The van der Waals surface area contributed by atoms with Gasteiger partial charge in [-0.1, -0.05) is 24.3 Å². The van der Waals surface area contributed by atoms with Crippen LogP contribution >= 0.6 is 0 Å². The number of methoxy groups -OCH3 is 1. The number of carbonyl (C=O) groups excluding carboxylic acids is 1. The molecule has 2 rings (SSSR count). The molecule has 1 amide bonds. The van der Waals surface area contributed by atoms with Crippen molar-refractivity contribution in [1.82, 2.24) is 4.90 Å². The second-order valence-electron chi connectivity index (χ2n) is 4.85. The highest BCUT2D eigenvalue weighted by Gasteiger charge is 2.16. The molecule has 0 aliphatic rings. The molecule has 0 saturated carbocycles. The molecule has 0 bridgehead atoms. The first kappa shape index (κ1) is 15.9. The molecule has 22 heavy (non-hydrogen) atoms. The van der Waals surface area contributed by atoms with E-state index in [1.54, 1.807) is 7.11 Å². The van der Waals surface area contributed by atoms with Gasteiger partial charge in [0.2, 0.25) is 0 Å². The van der Waals surface area contributed by atoms with E-state index < -0.39 is 0 Å². The van der Waals surface area contributed by atoms with Gasteiger partial charge in [0.05, 0.1) is 24.0 Å². The van der Waals surface area contributed by atoms with Crippen molar-refractivity contribution < 1.29 is 9.53 Å². The van der Waals surface area contributed by atoms with Gasteiger partial charge in [0.15, 0.2) is 0 Å². The Morgan fingerprint density at radius 1 is 1.00 bits per heavy atom. The van der Waals surface area contributed by atoms with Crippen LogP contribution < -0.4 is 10.1 Å². The molecule has 0 radical (unpaired) electrons. The first-order chi connectivity index (χ1) is 10.7. The van der Waals surface area contributed by atoms with Gasteiger partial charge in [-0.05, 0) is 38.1 Å². The SMILES string of the molecule is CCN(CC)C(=O)c1ccccc1Nc1ccccc1OC. The molecule has 0 spiro atoms. The molecule has 0 saturated heterocycles. The number of hydrogen-bond acceptors (Lipinski definition) is 3. The summed E-state index contributed by atoms with van der Waals surface area (Å²) in [6.45, 7) is 5.35. The van der Waals surface area contributed by atoms with Crippen LogP contribution in [0.25, 0.3) is 0 Å². The summed E-state index contributed by atoms with van der Waals surface area (Å²) in [6, 6.07) is 15.2. The molecule has 0 unspecified atom stereocenters. The minimum absolute atomic E-state index is 0.0306. The van der Waals surface area contributed by atoms with E-state index in [9.17, 15) is 4.79 Å². The maximum atomic E-state index is 12.6. The average Bonchev–Trinajstić information content (AvgIpc) is 2.57. The minimum Gasteiger partial charge on any atom is -0.495 e. The summed E-state index contributed by atoms with van der Waals surface area (Å²) in [4.78, 5) is 14.4. The summed E-state index contributed by atoms with van der Waals surface area (Å²) in [5, 5.41) is 3.30. The molecule has 0 fully saturated rings. The van der Waals surface area contributed by atoms with Gasteiger partial charge in [0, 0.05) is 13.1 Å². The second-order valence-corrected chi connectivity index (χ2v) is 4.85. The maximum Gasteiger partial charge on any atom is 0.255 e. The lowest BCUT2D eigenvalue weighted by atomic mass is 10.1. The highest BCUT2D eigenvalue weighted by molar-refractivity contribution is 6.00. The summed E-state index contributed by atoms with van der Waals surface area (Å²) >= 11 is 0. The van der Waals surface area contributed by atoms with Gasteiger partial charge in [-0.2, -0.15) is 0 Å². The fraction of sp³-hybridized carbons (Fsp3) is 0.278. The van der Waals surface area contributed by atoms with Crippen LogP contribution in [0.15, 0.2) is 48.5 Å². The van der Waals surface area contributed by atoms with E-state index in [2.05, 4.69) is 5.32 Å². The Kier molecular flexibility index (Phi) is 5.42. The lowest BCUT2D eigenvalue weighted by Gasteiger charge is -2.21. The monoisotopic (exact) mass is 298 g/mol. The van der Waals surface area contributed by atoms with Gasteiger partial charge in [0.1, 0.15) is 5.75 Å². The van der Waals surface area contributed by atoms with Crippen LogP contribution in [-0.2, 0) is 0 Å². The lowest BCUT2D eigenvalue weighted by Crippen LogP contribution is -2.30. The Bertz CT molecular complexity index is 636. The lowest BCUT2D eigenvalue weighted by molar-refractivity contribution is 0.0774. The predicted octanol–water partition coefficient (Wildman–Crippen LogP) is 3.92. The quantitative estimate of drug-likeness (QED) is 0.879. The highest BCUT2D eigenvalue weighted by Crippen LogP contribution is 2.29.